The van der Waals surface area contributed by atoms with Crippen molar-refractivity contribution in [2.75, 3.05) is 0 Å². The van der Waals surface area contributed by atoms with Crippen molar-refractivity contribution in [1.82, 2.24) is 14.1 Å². The van der Waals surface area contributed by atoms with E-state index in [0.717, 1.165) is 61.4 Å². The quantitative estimate of drug-likeness (QED) is 0.101. The van der Waals surface area contributed by atoms with Gasteiger partial charge in [0, 0.05) is 50.5 Å². The number of rotatable bonds is 10. The molecule has 3 heterocycles. The minimum atomic E-state index is -0.430. The zero-order valence-corrected chi connectivity index (χ0v) is 44.1. The summed E-state index contributed by atoms with van der Waals surface area (Å²) in [5.74, 6) is 2.00. The number of fused-ring (bicyclic) bond motifs is 3. The van der Waals surface area contributed by atoms with E-state index in [1.165, 1.54) is 22.3 Å². The summed E-state index contributed by atoms with van der Waals surface area (Å²) in [5, 5.41) is 2.25. The van der Waals surface area contributed by atoms with E-state index in [4.69, 9.17) is 9.72 Å². The number of hydrogen-bond acceptors (Lipinski definition) is 2. The van der Waals surface area contributed by atoms with Crippen LogP contribution in [0.4, 0.5) is 0 Å². The predicted octanol–water partition coefficient (Wildman–Crippen LogP) is 15.4. The number of para-hydroxylation sites is 1. The molecule has 3 aromatic heterocycles. The van der Waals surface area contributed by atoms with Gasteiger partial charge in [0.1, 0.15) is 5.82 Å². The van der Waals surface area contributed by atoms with Crippen molar-refractivity contribution in [2.24, 2.45) is 0 Å². The molecule has 0 saturated heterocycles. The van der Waals surface area contributed by atoms with Crippen LogP contribution in [0.5, 0.6) is 11.5 Å². The molecule has 354 valence electrons. The number of aromatic nitrogens is 4. The molecule has 0 aliphatic rings. The van der Waals surface area contributed by atoms with Gasteiger partial charge in [-0.15, -0.1) is 35.4 Å². The zero-order valence-electron chi connectivity index (χ0n) is 41.8. The third-order valence-electron chi connectivity index (χ3n) is 13.9. The topological polar surface area (TPSA) is 35.9 Å². The van der Waals surface area contributed by atoms with E-state index in [1.807, 2.05) is 6.20 Å². The fraction of sp³-hybridized carbons (Fsp3) is 0.219. The van der Waals surface area contributed by atoms with Crippen LogP contribution < -0.4 is 9.30 Å². The van der Waals surface area contributed by atoms with Crippen LogP contribution in [-0.2, 0) is 42.7 Å². The molecule has 0 spiro atoms. The molecule has 0 N–H and O–H groups in total. The van der Waals surface area contributed by atoms with E-state index in [9.17, 15) is 0 Å². The number of hydrogen-bond donors (Lipinski definition) is 0. The van der Waals surface area contributed by atoms with Crippen molar-refractivity contribution in [1.29, 1.82) is 0 Å². The summed E-state index contributed by atoms with van der Waals surface area (Å²) in [6.07, 6.45) is 7.84. The molecular weight excluding hydrogens is 1040 g/mol. The predicted molar refractivity (Wildman–Crippen MR) is 282 cm³/mol. The van der Waals surface area contributed by atoms with Crippen molar-refractivity contribution in [3.8, 4) is 39.9 Å². The molecule has 6 heteroatoms. The maximum absolute atomic E-state index is 7.24. The molecule has 0 fully saturated rings. The normalized spacial score (nSPS) is 12.3. The summed E-state index contributed by atoms with van der Waals surface area (Å²) >= 11 is 0. The third kappa shape index (κ3) is 9.09. The summed E-state index contributed by atoms with van der Waals surface area (Å²) in [6.45, 7) is 22.6. The molecule has 70 heavy (non-hydrogen) atoms. The summed E-state index contributed by atoms with van der Waals surface area (Å²) in [6, 6.07) is 67.8. The number of benzene rings is 7. The molecule has 5 nitrogen and oxygen atoms in total. The van der Waals surface area contributed by atoms with Gasteiger partial charge >= 0.3 is 0 Å². The van der Waals surface area contributed by atoms with Crippen molar-refractivity contribution >= 4 is 21.8 Å². The van der Waals surface area contributed by atoms with E-state index in [1.54, 1.807) is 0 Å². The van der Waals surface area contributed by atoms with Crippen LogP contribution in [0.15, 0.2) is 182 Å². The van der Waals surface area contributed by atoms with Gasteiger partial charge in [-0.3, -0.25) is 4.57 Å². The Bertz CT molecular complexity index is 3480. The first kappa shape index (κ1) is 48.2. The maximum Gasteiger partial charge on any atom is 0.267 e. The molecule has 0 saturated carbocycles. The Kier molecular flexibility index (Phi) is 12.7. The van der Waals surface area contributed by atoms with E-state index in [2.05, 4.69) is 277 Å². The summed E-state index contributed by atoms with van der Waals surface area (Å²) in [5.41, 5.74) is 12.0. The van der Waals surface area contributed by atoms with Crippen molar-refractivity contribution in [2.45, 2.75) is 90.9 Å². The minimum Gasteiger partial charge on any atom is -0.510 e. The van der Waals surface area contributed by atoms with Crippen LogP contribution in [-0.4, -0.2) is 14.1 Å². The average Bonchev–Trinajstić information content (AvgIpc) is 3.95. The van der Waals surface area contributed by atoms with Crippen LogP contribution in [0.3, 0.4) is 0 Å². The number of nitrogens with zero attached hydrogens (tertiary/aromatic N) is 4. The second kappa shape index (κ2) is 18.5. The van der Waals surface area contributed by atoms with Crippen molar-refractivity contribution < 1.29 is 30.4 Å². The molecule has 7 aromatic carbocycles. The number of imidazole rings is 1. The van der Waals surface area contributed by atoms with E-state index in [-0.39, 0.29) is 31.9 Å². The van der Waals surface area contributed by atoms with Crippen LogP contribution in [0, 0.1) is 18.5 Å². The van der Waals surface area contributed by atoms with Gasteiger partial charge in [-0.05, 0) is 90.9 Å². The second-order valence-corrected chi connectivity index (χ2v) is 21.5. The number of pyridine rings is 1. The standard InChI is InChI=1S/C64H60N4O.Pt/c1-61(2,3)47-29-22-30-50(35-47)67-43-66(42-58(67)44-23-14-11-15-24-44)51-36-49(63(7,8)45-25-16-12-17-26-45)37-52(39-51)69-53-40-55(64(9,10)46-27-18-13-19-28-46)60-54-31-20-21-32-56(54)68(57(60)41-53)59-38-48(33-34-65-59)62(4,5)6;/h11-38,40,42H,1-10H3;/q-2;. The van der Waals surface area contributed by atoms with E-state index >= 15 is 0 Å². The Hall–Kier alpha value is -6.81. The Labute approximate surface area is 428 Å². The number of ether oxygens (including phenoxy) is 1. The monoisotopic (exact) mass is 1100 g/mol. The molecule has 0 bridgehead atoms. The van der Waals surface area contributed by atoms with Gasteiger partial charge in [-0.1, -0.05) is 201 Å². The van der Waals surface area contributed by atoms with Crippen molar-refractivity contribution in [3.05, 3.63) is 234 Å². The average molecular weight is 1100 g/mol. The molecule has 0 aliphatic carbocycles. The molecule has 10 rings (SSSR count). The maximum atomic E-state index is 7.24. The molecule has 10 aromatic rings. The van der Waals surface area contributed by atoms with Crippen LogP contribution in [0.1, 0.15) is 103 Å². The first-order chi connectivity index (χ1) is 33.0. The SMILES string of the molecule is CC(C)(C)c1cccc(-[n+]2[c-]n(-c3[c-]c(Oc4[c-]c5c(c(C(C)(C)c6ccccc6)c4)c4ccccc4n5-c4cc(C(C)(C)C)ccn4)cc(C(C)(C)c4ccccc4)c3)cc2-c2ccccc2)c1.[Pt]. The molecule has 0 aliphatic heterocycles. The third-order valence-corrected chi connectivity index (χ3v) is 13.9. The van der Waals surface area contributed by atoms with Crippen molar-refractivity contribution in [3.63, 3.8) is 0 Å². The van der Waals surface area contributed by atoms with Crippen LogP contribution in [0.2, 0.25) is 0 Å². The van der Waals surface area contributed by atoms with Gasteiger partial charge in [-0.25, -0.2) is 4.98 Å². The van der Waals surface area contributed by atoms with Crippen LogP contribution >= 0.6 is 0 Å². The Morgan fingerprint density at radius 2 is 1.11 bits per heavy atom. The summed E-state index contributed by atoms with van der Waals surface area (Å²) < 4.78 is 13.7. The first-order valence-corrected chi connectivity index (χ1v) is 24.0. The molecular formula is C64H60N4OPt-2. The van der Waals surface area contributed by atoms with Gasteiger partial charge in [0.05, 0.1) is 11.4 Å². The van der Waals surface area contributed by atoms with E-state index in [0.29, 0.717) is 11.5 Å². The first-order valence-electron chi connectivity index (χ1n) is 24.0. The summed E-state index contributed by atoms with van der Waals surface area (Å²) in [7, 11) is 0. The Morgan fingerprint density at radius 1 is 0.529 bits per heavy atom. The van der Waals surface area contributed by atoms with Gasteiger partial charge in [-0.2, -0.15) is 6.07 Å². The van der Waals surface area contributed by atoms with E-state index < -0.39 is 10.8 Å². The zero-order chi connectivity index (χ0) is 48.3. The minimum absolute atomic E-state index is 0. The molecule has 0 radical (unpaired) electrons. The molecule has 0 atom stereocenters. The fourth-order valence-corrected chi connectivity index (χ4v) is 9.62. The van der Waals surface area contributed by atoms with Gasteiger partial charge < -0.3 is 13.9 Å². The smallest absolute Gasteiger partial charge is 0.267 e. The largest absolute Gasteiger partial charge is 0.510 e. The Balaban J connectivity index is 0.00000608. The summed E-state index contributed by atoms with van der Waals surface area (Å²) in [4.78, 5) is 5.03. The fourth-order valence-electron chi connectivity index (χ4n) is 9.62. The van der Waals surface area contributed by atoms with Gasteiger partial charge in [0.2, 0.25) is 0 Å². The van der Waals surface area contributed by atoms with Gasteiger partial charge in [0.15, 0.2) is 0 Å². The van der Waals surface area contributed by atoms with Gasteiger partial charge in [0.25, 0.3) is 6.33 Å². The Morgan fingerprint density at radius 3 is 1.79 bits per heavy atom. The molecule has 0 unspecified atom stereocenters. The van der Waals surface area contributed by atoms with Crippen LogP contribution in [0.25, 0.3) is 50.3 Å². The molecule has 0 amide bonds. The second-order valence-electron chi connectivity index (χ2n) is 21.5.